The Balaban J connectivity index is 1.70. The van der Waals surface area contributed by atoms with Crippen LogP contribution in [0.25, 0.3) is 11.1 Å². The van der Waals surface area contributed by atoms with Crippen molar-refractivity contribution >= 4 is 21.7 Å². The summed E-state index contributed by atoms with van der Waals surface area (Å²) in [5, 5.41) is 3.33. The SMILES string of the molecule is O=C1CC2(CCNCC2)Oc2ccc(-c3cncc(Br)c3)cc21. The fraction of sp³-hybridized carbons (Fsp3) is 0.333. The molecular formula is C18H17BrN2O2. The minimum Gasteiger partial charge on any atom is -0.486 e. The van der Waals surface area contributed by atoms with Gasteiger partial charge in [0.2, 0.25) is 0 Å². The highest BCUT2D eigenvalue weighted by molar-refractivity contribution is 9.10. The number of fused-ring (bicyclic) bond motifs is 1. The van der Waals surface area contributed by atoms with Crippen molar-refractivity contribution in [2.45, 2.75) is 24.9 Å². The molecule has 4 rings (SSSR count). The van der Waals surface area contributed by atoms with Gasteiger partial charge in [-0.05, 0) is 52.8 Å². The van der Waals surface area contributed by atoms with E-state index in [0.29, 0.717) is 12.0 Å². The van der Waals surface area contributed by atoms with Crippen LogP contribution in [0.4, 0.5) is 0 Å². The van der Waals surface area contributed by atoms with Gasteiger partial charge in [0.05, 0.1) is 12.0 Å². The van der Waals surface area contributed by atoms with E-state index in [-0.39, 0.29) is 11.4 Å². The third-order valence-corrected chi connectivity index (χ3v) is 5.08. The smallest absolute Gasteiger partial charge is 0.170 e. The second-order valence-electron chi connectivity index (χ2n) is 6.24. The molecule has 1 saturated heterocycles. The molecule has 0 unspecified atom stereocenters. The van der Waals surface area contributed by atoms with Gasteiger partial charge in [0.15, 0.2) is 5.78 Å². The third kappa shape index (κ3) is 2.79. The first-order chi connectivity index (χ1) is 11.2. The summed E-state index contributed by atoms with van der Waals surface area (Å²) >= 11 is 3.43. The van der Waals surface area contributed by atoms with E-state index in [1.165, 1.54) is 0 Å². The Kier molecular flexibility index (Phi) is 3.70. The van der Waals surface area contributed by atoms with Gasteiger partial charge in [0.1, 0.15) is 11.4 Å². The van der Waals surface area contributed by atoms with Crippen molar-refractivity contribution in [1.29, 1.82) is 0 Å². The van der Waals surface area contributed by atoms with Gasteiger partial charge < -0.3 is 10.1 Å². The molecule has 5 heteroatoms. The maximum Gasteiger partial charge on any atom is 0.170 e. The maximum absolute atomic E-state index is 12.7. The van der Waals surface area contributed by atoms with Crippen LogP contribution in [0.5, 0.6) is 5.75 Å². The molecule has 2 aliphatic rings. The van der Waals surface area contributed by atoms with Crippen LogP contribution in [0, 0.1) is 0 Å². The number of halogens is 1. The van der Waals surface area contributed by atoms with E-state index in [9.17, 15) is 4.79 Å². The van der Waals surface area contributed by atoms with Gasteiger partial charge >= 0.3 is 0 Å². The molecule has 2 aliphatic heterocycles. The lowest BCUT2D eigenvalue weighted by molar-refractivity contribution is 0.0188. The molecule has 1 aromatic heterocycles. The van der Waals surface area contributed by atoms with Gasteiger partial charge in [0.25, 0.3) is 0 Å². The lowest BCUT2D eigenvalue weighted by atomic mass is 9.82. The average Bonchev–Trinajstić information content (AvgIpc) is 2.55. The number of aromatic nitrogens is 1. The number of ketones is 1. The molecule has 2 aromatic rings. The summed E-state index contributed by atoms with van der Waals surface area (Å²) < 4.78 is 7.18. The first-order valence-corrected chi connectivity index (χ1v) is 8.62. The lowest BCUT2D eigenvalue weighted by Gasteiger charge is -2.41. The number of ether oxygens (including phenoxy) is 1. The number of pyridine rings is 1. The van der Waals surface area contributed by atoms with Gasteiger partial charge in [0, 0.05) is 35.3 Å². The van der Waals surface area contributed by atoms with E-state index in [1.54, 1.807) is 12.4 Å². The van der Waals surface area contributed by atoms with Gasteiger partial charge in [-0.25, -0.2) is 0 Å². The summed E-state index contributed by atoms with van der Waals surface area (Å²) in [5.41, 5.74) is 2.34. The van der Waals surface area contributed by atoms with Crippen LogP contribution in [0.1, 0.15) is 29.6 Å². The van der Waals surface area contributed by atoms with Crippen molar-refractivity contribution in [2.24, 2.45) is 0 Å². The number of benzene rings is 1. The van der Waals surface area contributed by atoms with Crippen LogP contribution in [0.15, 0.2) is 41.1 Å². The second kappa shape index (κ2) is 5.73. The van der Waals surface area contributed by atoms with Crippen molar-refractivity contribution in [1.82, 2.24) is 10.3 Å². The molecule has 0 amide bonds. The van der Waals surface area contributed by atoms with E-state index in [1.807, 2.05) is 24.3 Å². The van der Waals surface area contributed by atoms with Gasteiger partial charge in [-0.3, -0.25) is 9.78 Å². The summed E-state index contributed by atoms with van der Waals surface area (Å²) in [6.45, 7) is 1.81. The number of nitrogens with one attached hydrogen (secondary N) is 1. The molecule has 0 atom stereocenters. The van der Waals surface area contributed by atoms with Gasteiger partial charge in [-0.1, -0.05) is 6.07 Å². The zero-order valence-corrected chi connectivity index (χ0v) is 14.2. The van der Waals surface area contributed by atoms with Crippen molar-refractivity contribution in [3.63, 3.8) is 0 Å². The normalized spacial score (nSPS) is 19.3. The van der Waals surface area contributed by atoms with E-state index in [0.717, 1.165) is 47.3 Å². The molecule has 1 aromatic carbocycles. The summed E-state index contributed by atoms with van der Waals surface area (Å²) in [6, 6.07) is 7.84. The standard InChI is InChI=1S/C18H17BrN2O2/c19-14-7-13(10-21-11-14)12-1-2-17-15(8-12)16(22)9-18(23-17)3-5-20-6-4-18/h1-2,7-8,10-11,20H,3-6,9H2. The zero-order chi connectivity index (χ0) is 15.9. The average molecular weight is 373 g/mol. The first kappa shape index (κ1) is 14.8. The van der Waals surface area contributed by atoms with E-state index in [2.05, 4.69) is 26.2 Å². The zero-order valence-electron chi connectivity index (χ0n) is 12.6. The minimum absolute atomic E-state index is 0.179. The topological polar surface area (TPSA) is 51.2 Å². The fourth-order valence-electron chi connectivity index (χ4n) is 3.40. The van der Waals surface area contributed by atoms with Crippen molar-refractivity contribution in [2.75, 3.05) is 13.1 Å². The Labute approximate surface area is 143 Å². The lowest BCUT2D eigenvalue weighted by Crippen LogP contribution is -2.49. The Bertz CT molecular complexity index is 769. The summed E-state index contributed by atoms with van der Waals surface area (Å²) in [5.74, 6) is 0.896. The fourth-order valence-corrected chi connectivity index (χ4v) is 3.77. The van der Waals surface area contributed by atoms with Crippen LogP contribution in [-0.4, -0.2) is 29.5 Å². The third-order valence-electron chi connectivity index (χ3n) is 4.64. The molecule has 0 aliphatic carbocycles. The number of hydrogen-bond donors (Lipinski definition) is 1. The summed E-state index contributed by atoms with van der Waals surface area (Å²) in [6.07, 6.45) is 5.79. The molecule has 23 heavy (non-hydrogen) atoms. The Morgan fingerprint density at radius 3 is 2.74 bits per heavy atom. The molecule has 1 spiro atoms. The van der Waals surface area contributed by atoms with Crippen LogP contribution in [0.2, 0.25) is 0 Å². The molecule has 1 N–H and O–H groups in total. The van der Waals surface area contributed by atoms with Gasteiger partial charge in [-0.15, -0.1) is 0 Å². The molecule has 0 radical (unpaired) electrons. The molecule has 0 saturated carbocycles. The van der Waals surface area contributed by atoms with Crippen LogP contribution >= 0.6 is 15.9 Å². The van der Waals surface area contributed by atoms with Crippen molar-refractivity contribution < 1.29 is 9.53 Å². The Hall–Kier alpha value is -1.72. The monoisotopic (exact) mass is 372 g/mol. The molecule has 0 bridgehead atoms. The van der Waals surface area contributed by atoms with E-state index in [4.69, 9.17) is 4.74 Å². The molecule has 4 nitrogen and oxygen atoms in total. The van der Waals surface area contributed by atoms with Crippen LogP contribution in [-0.2, 0) is 0 Å². The first-order valence-electron chi connectivity index (χ1n) is 7.83. The largest absolute Gasteiger partial charge is 0.486 e. The summed E-state index contributed by atoms with van der Waals surface area (Å²) in [4.78, 5) is 16.9. The highest BCUT2D eigenvalue weighted by Crippen LogP contribution is 2.39. The molecular weight excluding hydrogens is 356 g/mol. The number of hydrogen-bond acceptors (Lipinski definition) is 4. The Morgan fingerprint density at radius 1 is 1.13 bits per heavy atom. The highest BCUT2D eigenvalue weighted by atomic mass is 79.9. The van der Waals surface area contributed by atoms with Gasteiger partial charge in [-0.2, -0.15) is 0 Å². The molecule has 3 heterocycles. The summed E-state index contributed by atoms with van der Waals surface area (Å²) in [7, 11) is 0. The number of rotatable bonds is 1. The van der Waals surface area contributed by atoms with Crippen LogP contribution in [0.3, 0.4) is 0 Å². The van der Waals surface area contributed by atoms with E-state index < -0.39 is 0 Å². The second-order valence-corrected chi connectivity index (χ2v) is 7.15. The quantitative estimate of drug-likeness (QED) is 0.830. The predicted octanol–water partition coefficient (Wildman–Crippen LogP) is 3.60. The number of carbonyl (C=O) groups is 1. The number of nitrogens with zero attached hydrogens (tertiary/aromatic N) is 1. The highest BCUT2D eigenvalue weighted by Gasteiger charge is 2.41. The molecule has 118 valence electrons. The number of piperidine rings is 1. The number of Topliss-reactive ketones (excluding diaryl/α,β-unsaturated/α-hetero) is 1. The Morgan fingerprint density at radius 2 is 1.96 bits per heavy atom. The van der Waals surface area contributed by atoms with Crippen molar-refractivity contribution in [3.05, 3.63) is 46.7 Å². The van der Waals surface area contributed by atoms with Crippen molar-refractivity contribution in [3.8, 4) is 16.9 Å². The molecule has 1 fully saturated rings. The minimum atomic E-state index is -0.311. The maximum atomic E-state index is 12.7. The number of carbonyl (C=O) groups excluding carboxylic acids is 1. The van der Waals surface area contributed by atoms with E-state index >= 15 is 0 Å². The predicted molar refractivity (Wildman–Crippen MR) is 91.8 cm³/mol. The van der Waals surface area contributed by atoms with Crippen LogP contribution < -0.4 is 10.1 Å².